The number of fused-ring (bicyclic) bond motifs is 1. The molecule has 1 N–H and O–H groups in total. The summed E-state index contributed by atoms with van der Waals surface area (Å²) < 4.78 is 0. The summed E-state index contributed by atoms with van der Waals surface area (Å²) in [6, 6.07) is 6.91. The standard InChI is InChI=1S/C15H24N2/c1-11(2)12-5-6-15-14(9-12)13(10-16-15)7-8-17(3)4/h5-6,9,11,13,16H,7-8,10H2,1-4H3/t13-/m1/s1. The first kappa shape index (κ1) is 12.4. The van der Waals surface area contributed by atoms with E-state index in [1.165, 1.54) is 23.2 Å². The Morgan fingerprint density at radius 3 is 2.76 bits per heavy atom. The van der Waals surface area contributed by atoms with E-state index < -0.39 is 0 Å². The fourth-order valence-corrected chi connectivity index (χ4v) is 2.45. The topological polar surface area (TPSA) is 15.3 Å². The van der Waals surface area contributed by atoms with Crippen LogP contribution >= 0.6 is 0 Å². The normalized spacial score (nSPS) is 18.6. The van der Waals surface area contributed by atoms with Gasteiger partial charge in [-0.1, -0.05) is 26.0 Å². The molecule has 1 aromatic rings. The number of rotatable bonds is 4. The van der Waals surface area contributed by atoms with Gasteiger partial charge in [-0.25, -0.2) is 0 Å². The van der Waals surface area contributed by atoms with Gasteiger partial charge in [-0.15, -0.1) is 0 Å². The third kappa shape index (κ3) is 2.81. The summed E-state index contributed by atoms with van der Waals surface area (Å²) in [6.45, 7) is 6.79. The minimum absolute atomic E-state index is 0.621. The molecule has 0 saturated carbocycles. The van der Waals surface area contributed by atoms with Crippen molar-refractivity contribution in [3.05, 3.63) is 29.3 Å². The number of anilines is 1. The van der Waals surface area contributed by atoms with Crippen LogP contribution in [0.2, 0.25) is 0 Å². The number of benzene rings is 1. The highest BCUT2D eigenvalue weighted by Crippen LogP contribution is 2.35. The Morgan fingerprint density at radius 2 is 2.12 bits per heavy atom. The van der Waals surface area contributed by atoms with E-state index in [2.05, 4.69) is 56.4 Å². The largest absolute Gasteiger partial charge is 0.384 e. The van der Waals surface area contributed by atoms with Crippen LogP contribution in [0, 0.1) is 0 Å². The van der Waals surface area contributed by atoms with Crippen molar-refractivity contribution in [3.8, 4) is 0 Å². The lowest BCUT2D eigenvalue weighted by atomic mass is 9.93. The van der Waals surface area contributed by atoms with Gasteiger partial charge in [0.25, 0.3) is 0 Å². The van der Waals surface area contributed by atoms with Crippen LogP contribution in [-0.2, 0) is 0 Å². The predicted octanol–water partition coefficient (Wildman–Crippen LogP) is 3.27. The van der Waals surface area contributed by atoms with Gasteiger partial charge in [-0.3, -0.25) is 0 Å². The zero-order valence-electron chi connectivity index (χ0n) is 11.5. The van der Waals surface area contributed by atoms with Crippen molar-refractivity contribution in [2.24, 2.45) is 0 Å². The van der Waals surface area contributed by atoms with E-state index in [1.807, 2.05) is 0 Å². The zero-order chi connectivity index (χ0) is 12.4. The van der Waals surface area contributed by atoms with Gasteiger partial charge in [0, 0.05) is 18.2 Å². The lowest BCUT2D eigenvalue weighted by Gasteiger charge is -2.15. The van der Waals surface area contributed by atoms with Gasteiger partial charge in [0.1, 0.15) is 0 Å². The van der Waals surface area contributed by atoms with Crippen molar-refractivity contribution in [1.82, 2.24) is 4.90 Å². The monoisotopic (exact) mass is 232 g/mol. The van der Waals surface area contributed by atoms with Gasteiger partial charge in [0.15, 0.2) is 0 Å². The molecule has 2 heteroatoms. The average molecular weight is 232 g/mol. The molecule has 0 fully saturated rings. The summed E-state index contributed by atoms with van der Waals surface area (Å²) in [6.07, 6.45) is 1.24. The van der Waals surface area contributed by atoms with Crippen LogP contribution in [0.5, 0.6) is 0 Å². The molecule has 2 rings (SSSR count). The molecule has 0 aromatic heterocycles. The SMILES string of the molecule is CC(C)c1ccc2c(c1)[C@H](CCN(C)C)CN2. The average Bonchev–Trinajstić information content (AvgIpc) is 2.68. The fraction of sp³-hybridized carbons (Fsp3) is 0.600. The first-order chi connectivity index (χ1) is 8.08. The Balaban J connectivity index is 2.14. The maximum absolute atomic E-state index is 3.52. The second-order valence-electron chi connectivity index (χ2n) is 5.67. The van der Waals surface area contributed by atoms with Crippen LogP contribution in [0.15, 0.2) is 18.2 Å². The highest BCUT2D eigenvalue weighted by atomic mass is 15.0. The molecule has 2 nitrogen and oxygen atoms in total. The van der Waals surface area contributed by atoms with E-state index in [1.54, 1.807) is 0 Å². The quantitative estimate of drug-likeness (QED) is 0.857. The Labute approximate surface area is 105 Å². The first-order valence-electron chi connectivity index (χ1n) is 6.60. The molecule has 0 unspecified atom stereocenters. The second kappa shape index (κ2) is 5.09. The van der Waals surface area contributed by atoms with Crippen molar-refractivity contribution < 1.29 is 0 Å². The highest BCUT2D eigenvalue weighted by molar-refractivity contribution is 5.59. The Hall–Kier alpha value is -1.02. The van der Waals surface area contributed by atoms with Gasteiger partial charge < -0.3 is 10.2 Å². The van der Waals surface area contributed by atoms with E-state index in [4.69, 9.17) is 0 Å². The number of hydrogen-bond donors (Lipinski definition) is 1. The van der Waals surface area contributed by atoms with Crippen LogP contribution in [0.4, 0.5) is 5.69 Å². The van der Waals surface area contributed by atoms with Crippen LogP contribution in [0.3, 0.4) is 0 Å². The van der Waals surface area contributed by atoms with Gasteiger partial charge in [0.05, 0.1) is 0 Å². The molecule has 1 heterocycles. The van der Waals surface area contributed by atoms with Crippen LogP contribution in [0.1, 0.15) is 43.2 Å². The molecule has 1 aliphatic heterocycles. The summed E-state index contributed by atoms with van der Waals surface area (Å²) in [4.78, 5) is 2.27. The summed E-state index contributed by atoms with van der Waals surface area (Å²) in [5.74, 6) is 1.31. The molecule has 0 amide bonds. The third-order valence-electron chi connectivity index (χ3n) is 3.65. The van der Waals surface area contributed by atoms with Crippen LogP contribution in [-0.4, -0.2) is 32.1 Å². The molecule has 17 heavy (non-hydrogen) atoms. The van der Waals surface area contributed by atoms with Gasteiger partial charge in [-0.2, -0.15) is 0 Å². The summed E-state index contributed by atoms with van der Waals surface area (Å²) in [5, 5.41) is 3.52. The van der Waals surface area contributed by atoms with Crippen molar-refractivity contribution >= 4 is 5.69 Å². The molecule has 0 aliphatic carbocycles. The van der Waals surface area contributed by atoms with E-state index >= 15 is 0 Å². The van der Waals surface area contributed by atoms with E-state index in [0.29, 0.717) is 11.8 Å². The molecule has 0 spiro atoms. The van der Waals surface area contributed by atoms with Crippen molar-refractivity contribution in [1.29, 1.82) is 0 Å². The van der Waals surface area contributed by atoms with E-state index in [-0.39, 0.29) is 0 Å². The maximum atomic E-state index is 3.52. The predicted molar refractivity (Wildman–Crippen MR) is 74.9 cm³/mol. The molecule has 1 aromatic carbocycles. The molecule has 1 atom stereocenters. The Morgan fingerprint density at radius 1 is 1.35 bits per heavy atom. The van der Waals surface area contributed by atoms with Gasteiger partial charge >= 0.3 is 0 Å². The Kier molecular flexibility index (Phi) is 3.72. The molecular formula is C15H24N2. The molecule has 1 aliphatic rings. The lowest BCUT2D eigenvalue weighted by molar-refractivity contribution is 0.386. The molecule has 0 bridgehead atoms. The van der Waals surface area contributed by atoms with E-state index in [0.717, 1.165) is 13.1 Å². The van der Waals surface area contributed by atoms with Crippen LogP contribution < -0.4 is 5.32 Å². The summed E-state index contributed by atoms with van der Waals surface area (Å²) >= 11 is 0. The summed E-state index contributed by atoms with van der Waals surface area (Å²) in [7, 11) is 4.29. The highest BCUT2D eigenvalue weighted by Gasteiger charge is 2.22. The third-order valence-corrected chi connectivity index (χ3v) is 3.65. The van der Waals surface area contributed by atoms with Crippen molar-refractivity contribution in [3.63, 3.8) is 0 Å². The number of nitrogens with zero attached hydrogens (tertiary/aromatic N) is 1. The maximum Gasteiger partial charge on any atom is 0.0376 e. The lowest BCUT2D eigenvalue weighted by Crippen LogP contribution is -2.16. The first-order valence-corrected chi connectivity index (χ1v) is 6.60. The van der Waals surface area contributed by atoms with Crippen molar-refractivity contribution in [2.75, 3.05) is 32.5 Å². The molecule has 0 saturated heterocycles. The van der Waals surface area contributed by atoms with Gasteiger partial charge in [-0.05, 0) is 50.2 Å². The Bertz CT molecular complexity index is 383. The van der Waals surface area contributed by atoms with Crippen LogP contribution in [0.25, 0.3) is 0 Å². The fourth-order valence-electron chi connectivity index (χ4n) is 2.45. The molecule has 94 valence electrons. The zero-order valence-corrected chi connectivity index (χ0v) is 11.5. The second-order valence-corrected chi connectivity index (χ2v) is 5.67. The van der Waals surface area contributed by atoms with Crippen molar-refractivity contribution in [2.45, 2.75) is 32.1 Å². The number of nitrogens with one attached hydrogen (secondary N) is 1. The summed E-state index contributed by atoms with van der Waals surface area (Å²) in [5.41, 5.74) is 4.33. The number of hydrogen-bond acceptors (Lipinski definition) is 2. The minimum Gasteiger partial charge on any atom is -0.384 e. The smallest absolute Gasteiger partial charge is 0.0376 e. The minimum atomic E-state index is 0.621. The van der Waals surface area contributed by atoms with Gasteiger partial charge in [0.2, 0.25) is 0 Å². The van der Waals surface area contributed by atoms with E-state index in [9.17, 15) is 0 Å². The molecule has 0 radical (unpaired) electrons. The molecular weight excluding hydrogens is 208 g/mol.